The molecule has 1 fully saturated rings. The number of hydrogen-bond acceptors (Lipinski definition) is 4. The van der Waals surface area contributed by atoms with Crippen molar-refractivity contribution in [3.05, 3.63) is 35.3 Å². The van der Waals surface area contributed by atoms with Crippen molar-refractivity contribution in [2.45, 2.75) is 19.1 Å². The summed E-state index contributed by atoms with van der Waals surface area (Å²) in [7, 11) is 0. The molecule has 0 amide bonds. The monoisotopic (exact) mass is 238 g/mol. The highest BCUT2D eigenvalue weighted by molar-refractivity contribution is 5.15. The maximum Gasteiger partial charge on any atom is 0.180 e. The van der Waals surface area contributed by atoms with E-state index in [1.54, 1.807) is 19.1 Å². The highest BCUT2D eigenvalue weighted by Gasteiger charge is 2.26. The molecule has 2 rings (SSSR count). The molecule has 1 N–H and O–H groups in total. The van der Waals surface area contributed by atoms with Crippen molar-refractivity contribution in [3.63, 3.8) is 0 Å². The Kier molecular flexibility index (Phi) is 3.93. The molecule has 2 heterocycles. The zero-order chi connectivity index (χ0) is 12.3. The standard InChI is InChI=1S/C12H18N2O3/c1-10(15)12(13-6-8-17-9-7-13)11-2-4-14(16)5-3-11/h2-5,10,12,15H,6-9H2,1H3/t10-,12-/m1/s1. The fourth-order valence-electron chi connectivity index (χ4n) is 2.27. The topological polar surface area (TPSA) is 59.6 Å². The third-order valence-electron chi connectivity index (χ3n) is 3.07. The van der Waals surface area contributed by atoms with E-state index in [1.807, 2.05) is 0 Å². The molecule has 5 nitrogen and oxygen atoms in total. The number of ether oxygens (including phenoxy) is 1. The quantitative estimate of drug-likeness (QED) is 0.598. The Morgan fingerprint density at radius 2 is 1.94 bits per heavy atom. The van der Waals surface area contributed by atoms with Gasteiger partial charge in [0.05, 0.1) is 25.4 Å². The number of nitrogens with zero attached hydrogens (tertiary/aromatic N) is 2. The number of rotatable bonds is 3. The molecule has 1 aromatic rings. The Balaban J connectivity index is 2.18. The lowest BCUT2D eigenvalue weighted by atomic mass is 10.0. The van der Waals surface area contributed by atoms with Crippen LogP contribution in [-0.4, -0.2) is 42.4 Å². The summed E-state index contributed by atoms with van der Waals surface area (Å²) in [5.74, 6) is 0. The van der Waals surface area contributed by atoms with Crippen LogP contribution >= 0.6 is 0 Å². The second-order valence-corrected chi connectivity index (χ2v) is 4.33. The zero-order valence-corrected chi connectivity index (χ0v) is 9.95. The summed E-state index contributed by atoms with van der Waals surface area (Å²) >= 11 is 0. The Labute approximate surface area is 101 Å². The Morgan fingerprint density at radius 1 is 1.35 bits per heavy atom. The first-order valence-corrected chi connectivity index (χ1v) is 5.87. The summed E-state index contributed by atoms with van der Waals surface area (Å²) in [5, 5.41) is 20.9. The van der Waals surface area contributed by atoms with Crippen LogP contribution in [0.2, 0.25) is 0 Å². The van der Waals surface area contributed by atoms with Crippen molar-refractivity contribution in [2.24, 2.45) is 0 Å². The van der Waals surface area contributed by atoms with Gasteiger partial charge in [-0.25, -0.2) is 0 Å². The molecule has 1 aliphatic heterocycles. The average molecular weight is 238 g/mol. The maximum atomic E-state index is 11.0. The maximum absolute atomic E-state index is 11.0. The highest BCUT2D eigenvalue weighted by atomic mass is 16.5. The van der Waals surface area contributed by atoms with Crippen molar-refractivity contribution in [1.29, 1.82) is 0 Å². The van der Waals surface area contributed by atoms with Gasteiger partial charge < -0.3 is 15.1 Å². The smallest absolute Gasteiger partial charge is 0.180 e. The first-order chi connectivity index (χ1) is 8.18. The lowest BCUT2D eigenvalue weighted by molar-refractivity contribution is -0.605. The summed E-state index contributed by atoms with van der Waals surface area (Å²) in [5.41, 5.74) is 0.967. The predicted octanol–water partition coefficient (Wildman–Crippen LogP) is 0.0741. The Bertz CT molecular complexity index is 347. The molecular weight excluding hydrogens is 220 g/mol. The van der Waals surface area contributed by atoms with Gasteiger partial charge in [-0.15, -0.1) is 0 Å². The van der Waals surface area contributed by atoms with Gasteiger partial charge in [-0.2, -0.15) is 4.73 Å². The van der Waals surface area contributed by atoms with Crippen LogP contribution in [0.25, 0.3) is 0 Å². The van der Waals surface area contributed by atoms with E-state index in [2.05, 4.69) is 4.90 Å². The summed E-state index contributed by atoms with van der Waals surface area (Å²) in [6.45, 7) is 4.78. The van der Waals surface area contributed by atoms with Crippen LogP contribution in [-0.2, 0) is 4.74 Å². The molecule has 0 bridgehead atoms. The van der Waals surface area contributed by atoms with E-state index in [4.69, 9.17) is 4.74 Å². The number of aromatic nitrogens is 1. The summed E-state index contributed by atoms with van der Waals surface area (Å²) in [4.78, 5) is 2.19. The first-order valence-electron chi connectivity index (χ1n) is 5.87. The van der Waals surface area contributed by atoms with Crippen LogP contribution in [0, 0.1) is 5.21 Å². The zero-order valence-electron chi connectivity index (χ0n) is 9.95. The van der Waals surface area contributed by atoms with E-state index in [-0.39, 0.29) is 6.04 Å². The molecule has 0 aliphatic carbocycles. The molecule has 1 aliphatic rings. The molecule has 0 saturated carbocycles. The Morgan fingerprint density at radius 3 is 2.47 bits per heavy atom. The van der Waals surface area contributed by atoms with Crippen LogP contribution in [0.1, 0.15) is 18.5 Å². The molecule has 2 atom stereocenters. The third-order valence-corrected chi connectivity index (χ3v) is 3.07. The number of morpholine rings is 1. The Hall–Kier alpha value is -1.17. The molecule has 0 unspecified atom stereocenters. The van der Waals surface area contributed by atoms with Gasteiger partial charge in [-0.3, -0.25) is 4.90 Å². The normalized spacial score (nSPS) is 21.1. The molecule has 5 heteroatoms. The van der Waals surface area contributed by atoms with E-state index in [9.17, 15) is 10.3 Å². The lowest BCUT2D eigenvalue weighted by Gasteiger charge is -2.36. The fourth-order valence-corrected chi connectivity index (χ4v) is 2.27. The molecule has 1 aromatic heterocycles. The molecule has 0 aromatic carbocycles. The van der Waals surface area contributed by atoms with E-state index in [0.717, 1.165) is 23.4 Å². The summed E-state index contributed by atoms with van der Waals surface area (Å²) in [6.07, 6.45) is 2.45. The minimum absolute atomic E-state index is 0.0694. The van der Waals surface area contributed by atoms with Crippen LogP contribution < -0.4 is 4.73 Å². The fraction of sp³-hybridized carbons (Fsp3) is 0.583. The first kappa shape index (κ1) is 12.3. The second-order valence-electron chi connectivity index (χ2n) is 4.33. The van der Waals surface area contributed by atoms with Gasteiger partial charge in [0.2, 0.25) is 0 Å². The van der Waals surface area contributed by atoms with Gasteiger partial charge in [0, 0.05) is 25.2 Å². The average Bonchev–Trinajstić information content (AvgIpc) is 2.33. The molecule has 0 spiro atoms. The lowest BCUT2D eigenvalue weighted by Crippen LogP contribution is -2.43. The van der Waals surface area contributed by atoms with Crippen molar-refractivity contribution in [3.8, 4) is 0 Å². The molecule has 94 valence electrons. The number of aliphatic hydroxyl groups excluding tert-OH is 1. The van der Waals surface area contributed by atoms with Crippen LogP contribution in [0.4, 0.5) is 0 Å². The summed E-state index contributed by atoms with van der Waals surface area (Å²) < 4.78 is 6.06. The van der Waals surface area contributed by atoms with Crippen LogP contribution in [0.3, 0.4) is 0 Å². The highest BCUT2D eigenvalue weighted by Crippen LogP contribution is 2.24. The minimum Gasteiger partial charge on any atom is -0.619 e. The van der Waals surface area contributed by atoms with Crippen molar-refractivity contribution < 1.29 is 14.6 Å². The number of aliphatic hydroxyl groups is 1. The largest absolute Gasteiger partial charge is 0.619 e. The van der Waals surface area contributed by atoms with Crippen molar-refractivity contribution >= 4 is 0 Å². The number of hydrogen-bond donors (Lipinski definition) is 1. The second kappa shape index (κ2) is 5.44. The van der Waals surface area contributed by atoms with Crippen LogP contribution in [0.15, 0.2) is 24.5 Å². The van der Waals surface area contributed by atoms with Crippen molar-refractivity contribution in [2.75, 3.05) is 26.3 Å². The van der Waals surface area contributed by atoms with Gasteiger partial charge in [-0.1, -0.05) is 0 Å². The molecule has 17 heavy (non-hydrogen) atoms. The molecule has 1 saturated heterocycles. The number of pyridine rings is 1. The minimum atomic E-state index is -0.476. The van der Waals surface area contributed by atoms with E-state index >= 15 is 0 Å². The predicted molar refractivity (Wildman–Crippen MR) is 62.2 cm³/mol. The van der Waals surface area contributed by atoms with E-state index < -0.39 is 6.10 Å². The van der Waals surface area contributed by atoms with Crippen molar-refractivity contribution in [1.82, 2.24) is 4.90 Å². The van der Waals surface area contributed by atoms with E-state index in [1.165, 1.54) is 12.4 Å². The van der Waals surface area contributed by atoms with Gasteiger partial charge in [0.15, 0.2) is 12.4 Å². The van der Waals surface area contributed by atoms with Gasteiger partial charge in [0.25, 0.3) is 0 Å². The third kappa shape index (κ3) is 2.94. The molecular formula is C12H18N2O3. The van der Waals surface area contributed by atoms with Crippen LogP contribution in [0.5, 0.6) is 0 Å². The van der Waals surface area contributed by atoms with Gasteiger partial charge in [-0.05, 0) is 12.5 Å². The molecule has 0 radical (unpaired) electrons. The van der Waals surface area contributed by atoms with Gasteiger partial charge in [0.1, 0.15) is 0 Å². The van der Waals surface area contributed by atoms with E-state index in [0.29, 0.717) is 13.2 Å². The SMILES string of the molecule is C[C@@H](O)[C@H](c1cc[n+]([O-])cc1)N1CCOCC1. The summed E-state index contributed by atoms with van der Waals surface area (Å²) in [6, 6.07) is 3.46. The van der Waals surface area contributed by atoms with Gasteiger partial charge >= 0.3 is 0 Å².